The second kappa shape index (κ2) is 8.53. The van der Waals surface area contributed by atoms with Crippen molar-refractivity contribution in [1.29, 1.82) is 0 Å². The highest BCUT2D eigenvalue weighted by Crippen LogP contribution is 2.32. The third kappa shape index (κ3) is 4.95. The summed E-state index contributed by atoms with van der Waals surface area (Å²) in [6, 6.07) is 0.656. The van der Waals surface area contributed by atoms with Crippen LogP contribution >= 0.6 is 11.8 Å². The average Bonchev–Trinajstić information content (AvgIpc) is 2.41. The van der Waals surface area contributed by atoms with Crippen LogP contribution in [0.15, 0.2) is 0 Å². The topological polar surface area (TPSA) is 29.3 Å². The van der Waals surface area contributed by atoms with E-state index in [4.69, 9.17) is 5.73 Å². The maximum Gasteiger partial charge on any atom is 0.0307 e. The molecule has 1 rings (SSSR count). The molecule has 0 aromatic rings. The molecule has 0 saturated carbocycles. The Hall–Kier alpha value is 0.270. The molecule has 19 heavy (non-hydrogen) atoms. The summed E-state index contributed by atoms with van der Waals surface area (Å²) in [6.07, 6.45) is 8.06. The molecule has 0 radical (unpaired) electrons. The molecule has 1 aliphatic rings. The number of hydrogen-bond acceptors (Lipinski definition) is 3. The first-order chi connectivity index (χ1) is 9.05. The third-order valence-electron chi connectivity index (χ3n) is 4.84. The molecule has 0 bridgehead atoms. The van der Waals surface area contributed by atoms with Gasteiger partial charge in [0.05, 0.1) is 0 Å². The van der Waals surface area contributed by atoms with Gasteiger partial charge in [0.25, 0.3) is 0 Å². The van der Waals surface area contributed by atoms with E-state index in [0.29, 0.717) is 6.04 Å². The van der Waals surface area contributed by atoms with Crippen molar-refractivity contribution < 1.29 is 0 Å². The Morgan fingerprint density at radius 3 is 2.53 bits per heavy atom. The van der Waals surface area contributed by atoms with E-state index in [1.165, 1.54) is 50.8 Å². The van der Waals surface area contributed by atoms with Crippen molar-refractivity contribution in [3.8, 4) is 0 Å². The third-order valence-corrected chi connectivity index (χ3v) is 6.17. The van der Waals surface area contributed by atoms with Crippen LogP contribution in [0.4, 0.5) is 0 Å². The summed E-state index contributed by atoms with van der Waals surface area (Å²) < 4.78 is 0. The normalized spacial score (nSPS) is 28.3. The molecule has 0 aliphatic carbocycles. The van der Waals surface area contributed by atoms with Gasteiger partial charge in [-0.1, -0.05) is 46.0 Å². The summed E-state index contributed by atoms with van der Waals surface area (Å²) in [5, 5.41) is 0.736. The molecule has 2 N–H and O–H groups in total. The van der Waals surface area contributed by atoms with E-state index in [2.05, 4.69) is 44.4 Å². The SMILES string of the molecule is CCCCCCCC(C)(CN)N1CCSC(C)C1C. The first kappa shape index (κ1) is 17.3. The van der Waals surface area contributed by atoms with Crippen molar-refractivity contribution >= 4 is 11.8 Å². The molecule has 3 unspecified atom stereocenters. The van der Waals surface area contributed by atoms with Crippen LogP contribution in [0.25, 0.3) is 0 Å². The molecular weight excluding hydrogens is 252 g/mol. The summed E-state index contributed by atoms with van der Waals surface area (Å²) in [4.78, 5) is 2.69. The molecule has 3 heteroatoms. The van der Waals surface area contributed by atoms with Crippen molar-refractivity contribution in [2.45, 2.75) is 83.1 Å². The summed E-state index contributed by atoms with van der Waals surface area (Å²) in [5.41, 5.74) is 6.35. The quantitative estimate of drug-likeness (QED) is 0.686. The molecule has 1 saturated heterocycles. The molecule has 0 aromatic heterocycles. The molecule has 1 heterocycles. The van der Waals surface area contributed by atoms with Crippen molar-refractivity contribution in [2.24, 2.45) is 5.73 Å². The van der Waals surface area contributed by atoms with E-state index >= 15 is 0 Å². The van der Waals surface area contributed by atoms with Gasteiger partial charge in [-0.3, -0.25) is 4.90 Å². The van der Waals surface area contributed by atoms with Crippen LogP contribution < -0.4 is 5.73 Å². The lowest BCUT2D eigenvalue weighted by Crippen LogP contribution is -2.59. The second-order valence-electron chi connectivity index (χ2n) is 6.38. The molecule has 0 aromatic carbocycles. The first-order valence-corrected chi connectivity index (χ1v) is 9.18. The number of nitrogens with two attached hydrogens (primary N) is 1. The fraction of sp³-hybridized carbons (Fsp3) is 1.00. The molecule has 0 amide bonds. The standard InChI is InChI=1S/C16H34N2S/c1-5-6-7-8-9-10-16(4,13-17)18-11-12-19-15(3)14(18)2/h14-15H,5-13,17H2,1-4H3. The van der Waals surface area contributed by atoms with E-state index in [0.717, 1.165) is 11.8 Å². The van der Waals surface area contributed by atoms with E-state index < -0.39 is 0 Å². The van der Waals surface area contributed by atoms with Gasteiger partial charge < -0.3 is 5.73 Å². The zero-order chi connectivity index (χ0) is 14.3. The summed E-state index contributed by atoms with van der Waals surface area (Å²) in [5.74, 6) is 1.26. The minimum atomic E-state index is 0.209. The van der Waals surface area contributed by atoms with Gasteiger partial charge in [0.2, 0.25) is 0 Å². The van der Waals surface area contributed by atoms with Crippen LogP contribution in [0.3, 0.4) is 0 Å². The lowest BCUT2D eigenvalue weighted by Gasteiger charge is -2.49. The molecule has 1 aliphatic heterocycles. The molecule has 0 spiro atoms. The van der Waals surface area contributed by atoms with E-state index in [-0.39, 0.29) is 5.54 Å². The fourth-order valence-electron chi connectivity index (χ4n) is 3.17. The zero-order valence-corrected chi connectivity index (χ0v) is 14.3. The maximum atomic E-state index is 6.14. The van der Waals surface area contributed by atoms with E-state index in [1.54, 1.807) is 0 Å². The van der Waals surface area contributed by atoms with Crippen LogP contribution in [0.5, 0.6) is 0 Å². The maximum absolute atomic E-state index is 6.14. The van der Waals surface area contributed by atoms with Gasteiger partial charge in [-0.15, -0.1) is 0 Å². The smallest absolute Gasteiger partial charge is 0.0307 e. The number of rotatable bonds is 8. The summed E-state index contributed by atoms with van der Waals surface area (Å²) in [6.45, 7) is 11.4. The van der Waals surface area contributed by atoms with Gasteiger partial charge in [0, 0.05) is 35.7 Å². The Kier molecular flexibility index (Phi) is 7.78. The predicted octanol–water partition coefficient (Wildman–Crippen LogP) is 3.89. The number of nitrogens with zero attached hydrogens (tertiary/aromatic N) is 1. The van der Waals surface area contributed by atoms with Crippen LogP contribution in [0, 0.1) is 0 Å². The molecule has 3 atom stereocenters. The Labute approximate surface area is 124 Å². The van der Waals surface area contributed by atoms with E-state index in [1.807, 2.05) is 0 Å². The molecule has 114 valence electrons. The molecule has 1 fully saturated rings. The van der Waals surface area contributed by atoms with Crippen LogP contribution in [0.2, 0.25) is 0 Å². The lowest BCUT2D eigenvalue weighted by atomic mass is 9.90. The minimum Gasteiger partial charge on any atom is -0.329 e. The number of unbranched alkanes of at least 4 members (excludes halogenated alkanes) is 4. The number of hydrogen-bond donors (Lipinski definition) is 1. The van der Waals surface area contributed by atoms with Crippen molar-refractivity contribution in [3.63, 3.8) is 0 Å². The van der Waals surface area contributed by atoms with Gasteiger partial charge in [-0.05, 0) is 20.3 Å². The Bertz CT molecular complexity index is 247. The average molecular weight is 287 g/mol. The highest BCUT2D eigenvalue weighted by molar-refractivity contribution is 8.00. The van der Waals surface area contributed by atoms with Crippen molar-refractivity contribution in [3.05, 3.63) is 0 Å². The Morgan fingerprint density at radius 2 is 1.89 bits per heavy atom. The largest absolute Gasteiger partial charge is 0.329 e. The highest BCUT2D eigenvalue weighted by Gasteiger charge is 2.37. The fourth-order valence-corrected chi connectivity index (χ4v) is 4.27. The predicted molar refractivity (Wildman–Crippen MR) is 88.9 cm³/mol. The first-order valence-electron chi connectivity index (χ1n) is 8.13. The molecular formula is C16H34N2S. The lowest BCUT2D eigenvalue weighted by molar-refractivity contribution is 0.0620. The van der Waals surface area contributed by atoms with E-state index in [9.17, 15) is 0 Å². The van der Waals surface area contributed by atoms with Crippen LogP contribution in [-0.2, 0) is 0 Å². The Morgan fingerprint density at radius 1 is 1.21 bits per heavy atom. The van der Waals surface area contributed by atoms with Crippen molar-refractivity contribution in [2.75, 3.05) is 18.8 Å². The van der Waals surface area contributed by atoms with Crippen molar-refractivity contribution in [1.82, 2.24) is 4.90 Å². The monoisotopic (exact) mass is 286 g/mol. The van der Waals surface area contributed by atoms with Crippen LogP contribution in [-0.4, -0.2) is 40.6 Å². The minimum absolute atomic E-state index is 0.209. The van der Waals surface area contributed by atoms with Gasteiger partial charge in [0.1, 0.15) is 0 Å². The Balaban J connectivity index is 2.48. The highest BCUT2D eigenvalue weighted by atomic mass is 32.2. The van der Waals surface area contributed by atoms with Gasteiger partial charge in [-0.2, -0.15) is 11.8 Å². The summed E-state index contributed by atoms with van der Waals surface area (Å²) >= 11 is 2.11. The van der Waals surface area contributed by atoms with Crippen LogP contribution in [0.1, 0.15) is 66.2 Å². The molecule has 2 nitrogen and oxygen atoms in total. The second-order valence-corrected chi connectivity index (χ2v) is 7.86. The number of thioether (sulfide) groups is 1. The van der Waals surface area contributed by atoms with Gasteiger partial charge in [0.15, 0.2) is 0 Å². The zero-order valence-electron chi connectivity index (χ0n) is 13.5. The van der Waals surface area contributed by atoms with Gasteiger partial charge in [-0.25, -0.2) is 0 Å². The van der Waals surface area contributed by atoms with Gasteiger partial charge >= 0.3 is 0 Å². The summed E-state index contributed by atoms with van der Waals surface area (Å²) in [7, 11) is 0.